The molecular formula is C31H35BrO6S. The first-order valence-corrected chi connectivity index (χ1v) is 15.3. The van der Waals surface area contributed by atoms with Gasteiger partial charge >= 0.3 is 5.97 Å². The monoisotopic (exact) mass is 614 g/mol. The van der Waals surface area contributed by atoms with Crippen LogP contribution in [0.25, 0.3) is 0 Å². The lowest BCUT2D eigenvalue weighted by atomic mass is 9.99. The third kappa shape index (κ3) is 9.17. The molecule has 6 nitrogen and oxygen atoms in total. The number of carbonyl (C=O) groups is 1. The molecule has 1 saturated heterocycles. The summed E-state index contributed by atoms with van der Waals surface area (Å²) in [7, 11) is 0. The second kappa shape index (κ2) is 16.2. The van der Waals surface area contributed by atoms with Crippen LogP contribution in [0.5, 0.6) is 0 Å². The highest BCUT2D eigenvalue weighted by Crippen LogP contribution is 2.35. The number of alkyl halides is 1. The van der Waals surface area contributed by atoms with Crippen LogP contribution in [0.15, 0.2) is 91.0 Å². The van der Waals surface area contributed by atoms with E-state index >= 15 is 0 Å². The largest absolute Gasteiger partial charge is 0.456 e. The molecular weight excluding hydrogens is 580 g/mol. The van der Waals surface area contributed by atoms with Crippen LogP contribution in [0.1, 0.15) is 23.6 Å². The van der Waals surface area contributed by atoms with Crippen LogP contribution < -0.4 is 0 Å². The maximum Gasteiger partial charge on any atom is 0.317 e. The third-order valence-electron chi connectivity index (χ3n) is 6.26. The van der Waals surface area contributed by atoms with Crippen molar-refractivity contribution in [2.45, 2.75) is 56.6 Å². The summed E-state index contributed by atoms with van der Waals surface area (Å²) in [5.41, 5.74) is 2.79. The van der Waals surface area contributed by atoms with Crippen LogP contribution in [-0.2, 0) is 48.3 Å². The van der Waals surface area contributed by atoms with Gasteiger partial charge in [-0.15, -0.1) is 11.8 Å². The predicted octanol–water partition coefficient (Wildman–Crippen LogP) is 6.16. The summed E-state index contributed by atoms with van der Waals surface area (Å²) in [6, 6.07) is 29.9. The number of halogens is 1. The van der Waals surface area contributed by atoms with Gasteiger partial charge in [0.15, 0.2) is 6.10 Å². The Morgan fingerprint density at radius 2 is 1.28 bits per heavy atom. The first-order chi connectivity index (χ1) is 19.2. The van der Waals surface area contributed by atoms with Gasteiger partial charge in [-0.3, -0.25) is 4.79 Å². The maximum atomic E-state index is 12.6. The Labute approximate surface area is 243 Å². The van der Waals surface area contributed by atoms with E-state index in [1.807, 2.05) is 91.0 Å². The number of hydrogen-bond donors (Lipinski definition) is 0. The SMILES string of the molecule is CCSC1O[C@H](COCc2ccccc2)[C@H](OC(=O)CBr)[C@H](OCc2ccccc2)[C@H]1OCc1ccccc1. The van der Waals surface area contributed by atoms with Crippen LogP contribution in [0.3, 0.4) is 0 Å². The molecule has 8 heteroatoms. The van der Waals surface area contributed by atoms with Crippen LogP contribution in [0.4, 0.5) is 0 Å². The molecule has 0 saturated carbocycles. The summed E-state index contributed by atoms with van der Waals surface area (Å²) in [6.45, 7) is 3.48. The van der Waals surface area contributed by atoms with Gasteiger partial charge in [0.05, 0.1) is 26.4 Å². The van der Waals surface area contributed by atoms with Gasteiger partial charge in [-0.1, -0.05) is 114 Å². The standard InChI is InChI=1S/C31H35BrO6S/c1-2-39-31-30(36-21-25-16-10-5-11-17-25)29(35-20-24-14-8-4-9-15-24)28(38-27(33)18-32)26(37-31)22-34-19-23-12-6-3-7-13-23/h3-17,26,28-31H,2,18-22H2,1H3/t26-,28+,29+,30-,31?/m1/s1. The summed E-state index contributed by atoms with van der Waals surface area (Å²) in [4.78, 5) is 12.6. The first kappa shape index (κ1) is 29.8. The summed E-state index contributed by atoms with van der Waals surface area (Å²) in [5.74, 6) is 0.429. The summed E-state index contributed by atoms with van der Waals surface area (Å²) >= 11 is 4.88. The number of esters is 1. The lowest BCUT2D eigenvalue weighted by Crippen LogP contribution is -2.61. The zero-order valence-electron chi connectivity index (χ0n) is 22.0. The summed E-state index contributed by atoms with van der Waals surface area (Å²) in [6.07, 6.45) is -2.29. The van der Waals surface area contributed by atoms with Crippen molar-refractivity contribution in [3.8, 4) is 0 Å². The number of rotatable bonds is 14. The fraction of sp³-hybridized carbons (Fsp3) is 0.387. The van der Waals surface area contributed by atoms with Crippen molar-refractivity contribution in [1.82, 2.24) is 0 Å². The molecule has 0 bridgehead atoms. The van der Waals surface area contributed by atoms with Crippen molar-refractivity contribution >= 4 is 33.7 Å². The Hall–Kier alpha value is -2.20. The molecule has 1 aliphatic heterocycles. The third-order valence-corrected chi connectivity index (χ3v) is 7.76. The second-order valence-corrected chi connectivity index (χ2v) is 11.0. The predicted molar refractivity (Wildman–Crippen MR) is 157 cm³/mol. The quantitative estimate of drug-likeness (QED) is 0.159. The lowest BCUT2D eigenvalue weighted by molar-refractivity contribution is -0.248. The smallest absolute Gasteiger partial charge is 0.317 e. The van der Waals surface area contributed by atoms with E-state index in [9.17, 15) is 4.79 Å². The minimum Gasteiger partial charge on any atom is -0.456 e. The van der Waals surface area contributed by atoms with Crippen molar-refractivity contribution in [3.63, 3.8) is 0 Å². The summed E-state index contributed by atoms with van der Waals surface area (Å²) < 4.78 is 31.6. The first-order valence-electron chi connectivity index (χ1n) is 13.1. The molecule has 0 amide bonds. The minimum atomic E-state index is -0.719. The van der Waals surface area contributed by atoms with Gasteiger partial charge in [-0.2, -0.15) is 0 Å². The Kier molecular flexibility index (Phi) is 12.3. The maximum absolute atomic E-state index is 12.6. The Bertz CT molecular complexity index is 1100. The molecule has 1 fully saturated rings. The molecule has 0 N–H and O–H groups in total. The zero-order chi connectivity index (χ0) is 27.3. The van der Waals surface area contributed by atoms with Gasteiger partial charge in [-0.05, 0) is 22.4 Å². The number of hydrogen-bond acceptors (Lipinski definition) is 7. The van der Waals surface area contributed by atoms with Crippen molar-refractivity contribution in [3.05, 3.63) is 108 Å². The Morgan fingerprint density at radius 3 is 1.79 bits per heavy atom. The fourth-order valence-electron chi connectivity index (χ4n) is 4.40. The van der Waals surface area contributed by atoms with Gasteiger partial charge < -0.3 is 23.7 Å². The number of benzene rings is 3. The summed E-state index contributed by atoms with van der Waals surface area (Å²) in [5, 5.41) is 0.0647. The fourth-order valence-corrected chi connectivity index (χ4v) is 5.51. The molecule has 0 radical (unpaired) electrons. The van der Waals surface area contributed by atoms with Crippen LogP contribution >= 0.6 is 27.7 Å². The molecule has 1 aliphatic rings. The highest BCUT2D eigenvalue weighted by Gasteiger charge is 2.49. The van der Waals surface area contributed by atoms with Gasteiger partial charge in [0.2, 0.25) is 0 Å². The molecule has 5 atom stereocenters. The molecule has 1 unspecified atom stereocenters. The molecule has 0 spiro atoms. The topological polar surface area (TPSA) is 63.2 Å². The molecule has 1 heterocycles. The van der Waals surface area contributed by atoms with Crippen LogP contribution in [0, 0.1) is 0 Å². The van der Waals surface area contributed by atoms with Gasteiger partial charge in [0.25, 0.3) is 0 Å². The van der Waals surface area contributed by atoms with Crippen LogP contribution in [-0.4, -0.2) is 53.5 Å². The van der Waals surface area contributed by atoms with E-state index in [0.717, 1.165) is 22.4 Å². The van der Waals surface area contributed by atoms with E-state index in [-0.39, 0.29) is 17.4 Å². The van der Waals surface area contributed by atoms with Crippen molar-refractivity contribution < 1.29 is 28.5 Å². The van der Waals surface area contributed by atoms with Crippen molar-refractivity contribution in [1.29, 1.82) is 0 Å². The number of carbonyl (C=O) groups excluding carboxylic acids is 1. The normalized spacial score (nSPS) is 22.9. The van der Waals surface area contributed by atoms with E-state index in [2.05, 4.69) is 22.9 Å². The average molecular weight is 616 g/mol. The molecule has 0 aromatic heterocycles. The van der Waals surface area contributed by atoms with E-state index in [4.69, 9.17) is 23.7 Å². The molecule has 39 heavy (non-hydrogen) atoms. The van der Waals surface area contributed by atoms with E-state index in [1.165, 1.54) is 0 Å². The highest BCUT2D eigenvalue weighted by molar-refractivity contribution is 9.09. The average Bonchev–Trinajstić information content (AvgIpc) is 2.98. The second-order valence-electron chi connectivity index (χ2n) is 9.11. The molecule has 208 valence electrons. The Balaban J connectivity index is 1.58. The van der Waals surface area contributed by atoms with Crippen molar-refractivity contribution in [2.24, 2.45) is 0 Å². The van der Waals surface area contributed by atoms with Crippen LogP contribution in [0.2, 0.25) is 0 Å². The molecule has 0 aliphatic carbocycles. The molecule has 3 aromatic carbocycles. The van der Waals surface area contributed by atoms with Crippen molar-refractivity contribution in [2.75, 3.05) is 17.7 Å². The van der Waals surface area contributed by atoms with E-state index in [1.54, 1.807) is 11.8 Å². The van der Waals surface area contributed by atoms with E-state index < -0.39 is 30.4 Å². The van der Waals surface area contributed by atoms with Gasteiger partial charge in [-0.25, -0.2) is 0 Å². The Morgan fingerprint density at radius 1 is 0.769 bits per heavy atom. The number of ether oxygens (including phenoxy) is 5. The zero-order valence-corrected chi connectivity index (χ0v) is 24.4. The van der Waals surface area contributed by atoms with Gasteiger partial charge in [0.1, 0.15) is 29.1 Å². The van der Waals surface area contributed by atoms with Gasteiger partial charge in [0, 0.05) is 0 Å². The van der Waals surface area contributed by atoms with E-state index in [0.29, 0.717) is 19.8 Å². The highest BCUT2D eigenvalue weighted by atomic mass is 79.9. The minimum absolute atomic E-state index is 0.0647. The lowest BCUT2D eigenvalue weighted by Gasteiger charge is -2.45. The number of thioether (sulfide) groups is 1. The molecule has 4 rings (SSSR count). The molecule has 3 aromatic rings.